The molecule has 1 unspecified atom stereocenters. The lowest BCUT2D eigenvalue weighted by Gasteiger charge is -2.31. The Hall–Kier alpha value is -2.35. The van der Waals surface area contributed by atoms with Gasteiger partial charge in [-0.2, -0.15) is 5.10 Å². The number of carbonyl (C=O) groups excluding carboxylic acids is 1. The van der Waals surface area contributed by atoms with Crippen molar-refractivity contribution in [3.63, 3.8) is 0 Å². The number of aromatic amines is 1. The zero-order valence-electron chi connectivity index (χ0n) is 13.7. The lowest BCUT2D eigenvalue weighted by Crippen LogP contribution is -2.40. The zero-order valence-corrected chi connectivity index (χ0v) is 14.5. The van der Waals surface area contributed by atoms with E-state index in [4.69, 9.17) is 5.11 Å². The highest BCUT2D eigenvalue weighted by Crippen LogP contribution is 2.26. The molecule has 1 aliphatic rings. The topological polar surface area (TPSA) is 99.2 Å². The van der Waals surface area contributed by atoms with E-state index in [2.05, 4.69) is 15.2 Å². The lowest BCUT2D eigenvalue weighted by atomic mass is 9.97. The van der Waals surface area contributed by atoms with Crippen molar-refractivity contribution >= 4 is 23.6 Å². The molecule has 0 saturated carbocycles. The van der Waals surface area contributed by atoms with Crippen LogP contribution in [0.1, 0.15) is 24.6 Å². The van der Waals surface area contributed by atoms with Crippen molar-refractivity contribution in [3.05, 3.63) is 36.2 Å². The molecule has 0 aliphatic carbocycles. The fourth-order valence-corrected chi connectivity index (χ4v) is 3.55. The summed E-state index contributed by atoms with van der Waals surface area (Å²) in [5, 5.41) is 16.0. The Balaban J connectivity index is 1.61. The summed E-state index contributed by atoms with van der Waals surface area (Å²) in [6.45, 7) is 1.30. The molecule has 1 saturated heterocycles. The lowest BCUT2D eigenvalue weighted by molar-refractivity contribution is -0.133. The predicted octanol–water partition coefficient (Wildman–Crippen LogP) is 2.00. The Morgan fingerprint density at radius 2 is 2.08 bits per heavy atom. The van der Waals surface area contributed by atoms with Crippen LogP contribution in [0, 0.1) is 0 Å². The number of amides is 1. The van der Waals surface area contributed by atoms with Gasteiger partial charge in [0.05, 0.1) is 11.5 Å². The Morgan fingerprint density at radius 1 is 1.28 bits per heavy atom. The molecule has 1 aromatic carbocycles. The van der Waals surface area contributed by atoms with Gasteiger partial charge in [0.15, 0.2) is 5.82 Å². The molecular formula is C17H20N4O3S. The summed E-state index contributed by atoms with van der Waals surface area (Å²) in [5.41, 5.74) is 0.957. The second kappa shape index (κ2) is 8.15. The number of carboxylic acids is 1. The van der Waals surface area contributed by atoms with Crippen molar-refractivity contribution in [1.29, 1.82) is 0 Å². The standard InChI is InChI=1S/C17H20N4O3S/c22-14(10-25-11-15(23)24)21-8-4-7-13(9-21)17-18-16(19-20-17)12-5-2-1-3-6-12/h1-3,5-6,13H,4,7-11H2,(H,23,24)(H,18,19,20). The van der Waals surface area contributed by atoms with E-state index in [0.717, 1.165) is 36.0 Å². The molecule has 2 heterocycles. The van der Waals surface area contributed by atoms with Crippen LogP contribution in [0.3, 0.4) is 0 Å². The number of hydrogen-bond donors (Lipinski definition) is 2. The second-order valence-electron chi connectivity index (χ2n) is 5.98. The molecule has 7 nitrogen and oxygen atoms in total. The van der Waals surface area contributed by atoms with Gasteiger partial charge >= 0.3 is 5.97 Å². The minimum atomic E-state index is -0.899. The SMILES string of the molecule is O=C(O)CSCC(=O)N1CCCC(c2nc(-c3ccccc3)n[nH]2)C1. The van der Waals surface area contributed by atoms with E-state index in [1.807, 2.05) is 30.3 Å². The van der Waals surface area contributed by atoms with Crippen LogP contribution in [0.25, 0.3) is 11.4 Å². The number of thioether (sulfide) groups is 1. The van der Waals surface area contributed by atoms with E-state index in [1.165, 1.54) is 0 Å². The molecule has 0 radical (unpaired) electrons. The van der Waals surface area contributed by atoms with Crippen LogP contribution in [-0.2, 0) is 9.59 Å². The molecule has 0 spiro atoms. The van der Waals surface area contributed by atoms with Crippen molar-refractivity contribution in [2.45, 2.75) is 18.8 Å². The summed E-state index contributed by atoms with van der Waals surface area (Å²) in [6.07, 6.45) is 1.86. The van der Waals surface area contributed by atoms with E-state index in [1.54, 1.807) is 4.90 Å². The van der Waals surface area contributed by atoms with E-state index in [0.29, 0.717) is 18.9 Å². The van der Waals surface area contributed by atoms with Gasteiger partial charge in [-0.1, -0.05) is 30.3 Å². The number of nitrogens with one attached hydrogen (secondary N) is 1. The number of hydrogen-bond acceptors (Lipinski definition) is 5. The van der Waals surface area contributed by atoms with Crippen LogP contribution in [0.5, 0.6) is 0 Å². The van der Waals surface area contributed by atoms with Crippen LogP contribution in [-0.4, -0.2) is 61.7 Å². The number of H-pyrrole nitrogens is 1. The maximum atomic E-state index is 12.2. The molecule has 2 aromatic rings. The molecule has 3 rings (SSSR count). The Morgan fingerprint density at radius 3 is 2.84 bits per heavy atom. The quantitative estimate of drug-likeness (QED) is 0.817. The summed E-state index contributed by atoms with van der Waals surface area (Å²) >= 11 is 1.14. The first-order valence-corrected chi connectivity index (χ1v) is 9.34. The number of piperidine rings is 1. The number of aliphatic carboxylic acids is 1. The van der Waals surface area contributed by atoms with Gasteiger partial charge in [0, 0.05) is 24.6 Å². The Kier molecular flexibility index (Phi) is 5.70. The highest BCUT2D eigenvalue weighted by Gasteiger charge is 2.27. The molecule has 1 aliphatic heterocycles. The normalized spacial score (nSPS) is 17.4. The largest absolute Gasteiger partial charge is 0.481 e. The summed E-state index contributed by atoms with van der Waals surface area (Å²) in [5.74, 6) is 0.830. The number of carboxylic acid groups (broad SMARTS) is 1. The first-order valence-electron chi connectivity index (χ1n) is 8.18. The molecule has 2 N–H and O–H groups in total. The smallest absolute Gasteiger partial charge is 0.313 e. The molecule has 8 heteroatoms. The van der Waals surface area contributed by atoms with Gasteiger partial charge in [-0.05, 0) is 12.8 Å². The van der Waals surface area contributed by atoms with E-state index >= 15 is 0 Å². The van der Waals surface area contributed by atoms with Crippen LogP contribution in [0.15, 0.2) is 30.3 Å². The Labute approximate surface area is 149 Å². The van der Waals surface area contributed by atoms with Crippen molar-refractivity contribution < 1.29 is 14.7 Å². The summed E-state index contributed by atoms with van der Waals surface area (Å²) < 4.78 is 0. The van der Waals surface area contributed by atoms with Crippen LogP contribution in [0.4, 0.5) is 0 Å². The van der Waals surface area contributed by atoms with Crippen molar-refractivity contribution in [2.75, 3.05) is 24.6 Å². The zero-order chi connectivity index (χ0) is 17.6. The van der Waals surface area contributed by atoms with Gasteiger partial charge in [0.25, 0.3) is 0 Å². The third-order valence-electron chi connectivity index (χ3n) is 4.15. The summed E-state index contributed by atoms with van der Waals surface area (Å²) in [7, 11) is 0. The van der Waals surface area contributed by atoms with Gasteiger partial charge in [-0.15, -0.1) is 11.8 Å². The van der Waals surface area contributed by atoms with Gasteiger partial charge in [-0.3, -0.25) is 14.7 Å². The van der Waals surface area contributed by atoms with Crippen LogP contribution in [0.2, 0.25) is 0 Å². The van der Waals surface area contributed by atoms with Crippen molar-refractivity contribution in [3.8, 4) is 11.4 Å². The van der Waals surface area contributed by atoms with E-state index in [-0.39, 0.29) is 23.3 Å². The summed E-state index contributed by atoms with van der Waals surface area (Å²) in [4.78, 5) is 29.2. The van der Waals surface area contributed by atoms with Crippen molar-refractivity contribution in [2.24, 2.45) is 0 Å². The van der Waals surface area contributed by atoms with Crippen LogP contribution < -0.4 is 0 Å². The summed E-state index contributed by atoms with van der Waals surface area (Å²) in [6, 6.07) is 9.76. The number of carbonyl (C=O) groups is 2. The first kappa shape index (κ1) is 17.5. The van der Waals surface area contributed by atoms with E-state index < -0.39 is 5.97 Å². The minimum absolute atomic E-state index is 0.0150. The fourth-order valence-electron chi connectivity index (χ4n) is 2.92. The molecule has 132 valence electrons. The minimum Gasteiger partial charge on any atom is -0.481 e. The number of rotatable bonds is 6. The molecular weight excluding hydrogens is 340 g/mol. The number of aromatic nitrogens is 3. The second-order valence-corrected chi connectivity index (χ2v) is 6.96. The number of nitrogens with zero attached hydrogens (tertiary/aromatic N) is 3. The molecule has 1 fully saturated rings. The monoisotopic (exact) mass is 360 g/mol. The maximum Gasteiger partial charge on any atom is 0.313 e. The Bertz CT molecular complexity index is 735. The van der Waals surface area contributed by atoms with Gasteiger partial charge in [-0.25, -0.2) is 4.98 Å². The van der Waals surface area contributed by atoms with Gasteiger partial charge in [0.1, 0.15) is 5.82 Å². The maximum absolute atomic E-state index is 12.2. The van der Waals surface area contributed by atoms with Crippen LogP contribution >= 0.6 is 11.8 Å². The highest BCUT2D eigenvalue weighted by atomic mass is 32.2. The van der Waals surface area contributed by atoms with E-state index in [9.17, 15) is 9.59 Å². The number of likely N-dealkylation sites (tertiary alicyclic amines) is 1. The van der Waals surface area contributed by atoms with Gasteiger partial charge in [0.2, 0.25) is 5.91 Å². The predicted molar refractivity (Wildman–Crippen MR) is 95.3 cm³/mol. The van der Waals surface area contributed by atoms with Crippen molar-refractivity contribution in [1.82, 2.24) is 20.1 Å². The number of benzene rings is 1. The molecule has 25 heavy (non-hydrogen) atoms. The first-order chi connectivity index (χ1) is 12.1. The molecule has 1 aromatic heterocycles. The molecule has 0 bridgehead atoms. The third-order valence-corrected chi connectivity index (χ3v) is 5.05. The average molecular weight is 360 g/mol. The highest BCUT2D eigenvalue weighted by molar-refractivity contribution is 8.00. The van der Waals surface area contributed by atoms with Gasteiger partial charge < -0.3 is 10.0 Å². The average Bonchev–Trinajstić information content (AvgIpc) is 3.12. The fraction of sp³-hybridized carbons (Fsp3) is 0.412. The molecule has 1 amide bonds. The molecule has 1 atom stereocenters. The third kappa shape index (κ3) is 4.60.